The zero-order chi connectivity index (χ0) is 26.4. The van der Waals surface area contributed by atoms with E-state index < -0.39 is 21.5 Å². The minimum absolute atomic E-state index is 0.217. The van der Waals surface area contributed by atoms with Gasteiger partial charge in [0.25, 0.3) is 11.1 Å². The number of nitrogens with one attached hydrogen (secondary N) is 2. The van der Waals surface area contributed by atoms with Crippen LogP contribution in [0.1, 0.15) is 26.3 Å². The Hall–Kier alpha value is -3.31. The van der Waals surface area contributed by atoms with Crippen molar-refractivity contribution in [1.82, 2.24) is 15.0 Å². The van der Waals surface area contributed by atoms with E-state index >= 15 is 0 Å². The molecule has 1 aliphatic heterocycles. The smallest absolute Gasteiger partial charge is 0.282 e. The maximum atomic E-state index is 12.8. The lowest BCUT2D eigenvalue weighted by Crippen LogP contribution is -2.40. The molecule has 0 unspecified atom stereocenters. The average Bonchev–Trinajstić information content (AvgIpc) is 3.43. The van der Waals surface area contributed by atoms with Gasteiger partial charge in [-0.15, -0.1) is 11.3 Å². The van der Waals surface area contributed by atoms with Gasteiger partial charge in [0.15, 0.2) is 0 Å². The van der Waals surface area contributed by atoms with Crippen molar-refractivity contribution in [3.63, 3.8) is 0 Å². The number of thioether (sulfide) groups is 1. The number of nitrogens with zero attached hydrogens (tertiary/aromatic N) is 1. The summed E-state index contributed by atoms with van der Waals surface area (Å²) in [6.45, 7) is 5.42. The van der Waals surface area contributed by atoms with Gasteiger partial charge in [0.05, 0.1) is 15.3 Å². The second kappa shape index (κ2) is 9.53. The van der Waals surface area contributed by atoms with Crippen LogP contribution in [0, 0.1) is 0 Å². The van der Waals surface area contributed by atoms with Crippen LogP contribution in [-0.2, 0) is 14.8 Å². The Bertz CT molecular complexity index is 1700. The molecular weight excluding hydrogens is 527 g/mol. The van der Waals surface area contributed by atoms with Crippen LogP contribution in [0.3, 0.4) is 0 Å². The van der Waals surface area contributed by atoms with Gasteiger partial charge in [-0.25, -0.2) is 13.1 Å². The molecule has 2 amide bonds. The van der Waals surface area contributed by atoms with E-state index in [0.717, 1.165) is 49.1 Å². The van der Waals surface area contributed by atoms with E-state index in [1.54, 1.807) is 41.8 Å². The second-order valence-corrected chi connectivity index (χ2v) is 13.3. The van der Waals surface area contributed by atoms with Crippen molar-refractivity contribution in [2.45, 2.75) is 31.2 Å². The molecule has 4 aromatic rings. The lowest BCUT2D eigenvalue weighted by Gasteiger charge is -2.20. The topological polar surface area (TPSA) is 105 Å². The summed E-state index contributed by atoms with van der Waals surface area (Å²) in [6, 6.07) is 18.5. The van der Waals surface area contributed by atoms with Crippen molar-refractivity contribution >= 4 is 61.2 Å². The highest BCUT2D eigenvalue weighted by Gasteiger charge is 2.25. The van der Waals surface area contributed by atoms with Crippen LogP contribution in [0.15, 0.2) is 76.7 Å². The number of carbonyl (C=O) groups is 2. The Morgan fingerprint density at radius 2 is 1.76 bits per heavy atom. The fourth-order valence-corrected chi connectivity index (χ4v) is 7.15. The third-order valence-corrected chi connectivity index (χ3v) is 9.18. The first-order valence-corrected chi connectivity index (χ1v) is 14.5. The van der Waals surface area contributed by atoms with Gasteiger partial charge in [-0.2, -0.15) is 0 Å². The van der Waals surface area contributed by atoms with Crippen LogP contribution >= 0.6 is 23.1 Å². The maximum absolute atomic E-state index is 12.8. The predicted octanol–water partition coefficient (Wildman–Crippen LogP) is 6.03. The van der Waals surface area contributed by atoms with Crippen LogP contribution in [0.5, 0.6) is 0 Å². The maximum Gasteiger partial charge on any atom is 0.290 e. The fraction of sp³-hybridized carbons (Fsp3) is 0.148. The van der Waals surface area contributed by atoms with Gasteiger partial charge in [-0.1, -0.05) is 18.2 Å². The van der Waals surface area contributed by atoms with Crippen LogP contribution < -0.4 is 10.0 Å². The van der Waals surface area contributed by atoms with Gasteiger partial charge in [0, 0.05) is 32.4 Å². The van der Waals surface area contributed by atoms with E-state index in [9.17, 15) is 18.0 Å². The molecule has 2 aromatic carbocycles. The summed E-state index contributed by atoms with van der Waals surface area (Å²) in [4.78, 5) is 30.4. The molecule has 188 valence electrons. The number of carbonyl (C=O) groups excluding carboxylic acids is 2. The highest BCUT2D eigenvalue weighted by Crippen LogP contribution is 2.38. The fourth-order valence-electron chi connectivity index (χ4n) is 3.96. The number of amides is 2. The lowest BCUT2D eigenvalue weighted by atomic mass is 10.0. The van der Waals surface area contributed by atoms with Crippen molar-refractivity contribution in [1.29, 1.82) is 0 Å². The number of sulfonamides is 1. The molecule has 1 fully saturated rings. The minimum atomic E-state index is -3.66. The normalized spacial score (nSPS) is 15.5. The molecule has 37 heavy (non-hydrogen) atoms. The molecule has 7 nitrogen and oxygen atoms in total. The first kappa shape index (κ1) is 25.3. The average molecular weight is 550 g/mol. The van der Waals surface area contributed by atoms with Crippen molar-refractivity contribution in [3.05, 3.63) is 77.3 Å². The summed E-state index contributed by atoms with van der Waals surface area (Å²) < 4.78 is 28.4. The molecule has 3 heterocycles. The van der Waals surface area contributed by atoms with Crippen molar-refractivity contribution in [2.75, 3.05) is 0 Å². The zero-order valence-corrected chi connectivity index (χ0v) is 22.7. The van der Waals surface area contributed by atoms with Crippen LogP contribution in [0.25, 0.3) is 37.9 Å². The largest absolute Gasteiger partial charge is 0.290 e. The Kier molecular flexibility index (Phi) is 6.53. The molecule has 0 bridgehead atoms. The monoisotopic (exact) mass is 549 g/mol. The molecular formula is C27H23N3O4S3. The van der Waals surface area contributed by atoms with E-state index in [1.807, 2.05) is 63.2 Å². The SMILES string of the molecule is CC(C)(C)NS(=O)(=O)c1cccc(-c2ccc(-c3ccnc4ccc(/C=C5\SC(=O)NC5=O)cc34)s2)c1. The van der Waals surface area contributed by atoms with Crippen LogP contribution in [-0.4, -0.2) is 30.1 Å². The van der Waals surface area contributed by atoms with Crippen LogP contribution in [0.4, 0.5) is 4.79 Å². The Morgan fingerprint density at radius 3 is 2.49 bits per heavy atom. The lowest BCUT2D eigenvalue weighted by molar-refractivity contribution is -0.115. The number of fused-ring (bicyclic) bond motifs is 1. The summed E-state index contributed by atoms with van der Waals surface area (Å²) in [6.07, 6.45) is 3.44. The summed E-state index contributed by atoms with van der Waals surface area (Å²) in [5.74, 6) is -0.397. The Balaban J connectivity index is 1.51. The Morgan fingerprint density at radius 1 is 0.973 bits per heavy atom. The van der Waals surface area contributed by atoms with E-state index in [1.165, 1.54) is 0 Å². The molecule has 0 spiro atoms. The van der Waals surface area contributed by atoms with Gasteiger partial charge < -0.3 is 0 Å². The molecule has 10 heteroatoms. The van der Waals surface area contributed by atoms with Gasteiger partial charge in [-0.3, -0.25) is 19.9 Å². The number of rotatable bonds is 5. The van der Waals surface area contributed by atoms with Gasteiger partial charge in [0.2, 0.25) is 10.0 Å². The summed E-state index contributed by atoms with van der Waals surface area (Å²) in [7, 11) is -3.66. The quantitative estimate of drug-likeness (QED) is 0.295. The van der Waals surface area contributed by atoms with E-state index in [4.69, 9.17) is 0 Å². The standard InChI is InChI=1S/C27H23N3O4S3/c1-27(2,3)30-37(33,34)18-6-4-5-17(15-18)22-9-10-23(35-22)19-11-12-28-21-8-7-16(13-20(19)21)14-24-25(31)29-26(32)36-24/h4-15,30H,1-3H3,(H,29,31,32)/b24-14-. The first-order valence-electron chi connectivity index (χ1n) is 11.4. The number of aromatic nitrogens is 1. The van der Waals surface area contributed by atoms with Crippen molar-refractivity contribution < 1.29 is 18.0 Å². The van der Waals surface area contributed by atoms with E-state index in [0.29, 0.717) is 4.91 Å². The molecule has 2 aromatic heterocycles. The third-order valence-electron chi connectivity index (χ3n) is 5.45. The highest BCUT2D eigenvalue weighted by molar-refractivity contribution is 8.18. The van der Waals surface area contributed by atoms with Gasteiger partial charge in [0.1, 0.15) is 0 Å². The molecule has 2 N–H and O–H groups in total. The number of hydrogen-bond acceptors (Lipinski definition) is 7. The molecule has 0 aliphatic carbocycles. The molecule has 0 radical (unpaired) electrons. The van der Waals surface area contributed by atoms with Gasteiger partial charge >= 0.3 is 0 Å². The molecule has 0 atom stereocenters. The number of thiophene rings is 1. The first-order chi connectivity index (χ1) is 17.5. The number of hydrogen-bond donors (Lipinski definition) is 2. The third kappa shape index (κ3) is 5.52. The summed E-state index contributed by atoms with van der Waals surface area (Å²) >= 11 is 2.44. The molecule has 0 saturated carbocycles. The summed E-state index contributed by atoms with van der Waals surface area (Å²) in [5, 5.41) is 2.80. The molecule has 1 aliphatic rings. The number of pyridine rings is 1. The molecule has 5 rings (SSSR count). The van der Waals surface area contributed by atoms with Crippen molar-refractivity contribution in [2.24, 2.45) is 0 Å². The van der Waals surface area contributed by atoms with Crippen LogP contribution in [0.2, 0.25) is 0 Å². The number of imide groups is 1. The predicted molar refractivity (Wildman–Crippen MR) is 150 cm³/mol. The zero-order valence-electron chi connectivity index (χ0n) is 20.2. The summed E-state index contributed by atoms with van der Waals surface area (Å²) in [5.41, 5.74) is 2.79. The minimum Gasteiger partial charge on any atom is -0.282 e. The van der Waals surface area contributed by atoms with E-state index in [-0.39, 0.29) is 10.1 Å². The molecule has 1 saturated heterocycles. The highest BCUT2D eigenvalue weighted by atomic mass is 32.2. The second-order valence-electron chi connectivity index (χ2n) is 9.53. The Labute approximate surface area is 223 Å². The van der Waals surface area contributed by atoms with Crippen molar-refractivity contribution in [3.8, 4) is 20.9 Å². The van der Waals surface area contributed by atoms with Gasteiger partial charge in [-0.05, 0) is 92.2 Å². The van der Waals surface area contributed by atoms with E-state index in [2.05, 4.69) is 15.0 Å². The number of benzene rings is 2.